The van der Waals surface area contributed by atoms with Gasteiger partial charge in [-0.15, -0.1) is 0 Å². The Bertz CT molecular complexity index is 629. The number of rotatable bonds is 4. The van der Waals surface area contributed by atoms with Gasteiger partial charge in [-0.3, -0.25) is 4.79 Å². The number of carbonyl (C=O) groups excluding carboxylic acids is 1. The maximum atomic E-state index is 12.5. The second-order valence-corrected chi connectivity index (χ2v) is 8.58. The summed E-state index contributed by atoms with van der Waals surface area (Å²) in [5.41, 5.74) is 0.730. The van der Waals surface area contributed by atoms with E-state index in [-0.39, 0.29) is 24.5 Å². The first kappa shape index (κ1) is 15.9. The zero-order valence-electron chi connectivity index (χ0n) is 12.4. The van der Waals surface area contributed by atoms with E-state index in [0.717, 1.165) is 24.8 Å². The molecule has 3 atom stereocenters. The van der Waals surface area contributed by atoms with E-state index in [9.17, 15) is 13.2 Å². The van der Waals surface area contributed by atoms with E-state index in [1.165, 1.54) is 11.3 Å². The molecule has 0 spiro atoms. The zero-order valence-corrected chi connectivity index (χ0v) is 14.0. The van der Waals surface area contributed by atoms with Gasteiger partial charge in [-0.25, -0.2) is 13.1 Å². The molecule has 2 aliphatic rings. The highest BCUT2D eigenvalue weighted by Crippen LogP contribution is 2.34. The molecule has 0 unspecified atom stereocenters. The van der Waals surface area contributed by atoms with E-state index < -0.39 is 10.0 Å². The van der Waals surface area contributed by atoms with Gasteiger partial charge < -0.3 is 9.64 Å². The van der Waals surface area contributed by atoms with Crippen molar-refractivity contribution in [1.82, 2.24) is 9.62 Å². The van der Waals surface area contributed by atoms with Gasteiger partial charge in [-0.1, -0.05) is 0 Å². The Labute approximate surface area is 134 Å². The Hall–Kier alpha value is -0.960. The fourth-order valence-corrected chi connectivity index (χ4v) is 4.32. The number of likely N-dealkylation sites (tertiary alicyclic amines) is 1. The van der Waals surface area contributed by atoms with Crippen molar-refractivity contribution in [3.8, 4) is 0 Å². The molecular weight excluding hydrogens is 324 g/mol. The summed E-state index contributed by atoms with van der Waals surface area (Å²) in [5, 5.41) is 3.76. The van der Waals surface area contributed by atoms with Crippen molar-refractivity contribution in [3.63, 3.8) is 0 Å². The van der Waals surface area contributed by atoms with Crippen LogP contribution in [0.25, 0.3) is 0 Å². The Morgan fingerprint density at radius 3 is 3.05 bits per heavy atom. The molecule has 8 heteroatoms. The third-order valence-electron chi connectivity index (χ3n) is 4.41. The van der Waals surface area contributed by atoms with Gasteiger partial charge in [0.05, 0.1) is 24.5 Å². The maximum absolute atomic E-state index is 12.5. The van der Waals surface area contributed by atoms with Crippen LogP contribution in [-0.2, 0) is 14.8 Å². The van der Waals surface area contributed by atoms with Crippen LogP contribution in [-0.4, -0.2) is 57.8 Å². The predicted octanol–water partition coefficient (Wildman–Crippen LogP) is 0.774. The van der Waals surface area contributed by atoms with E-state index in [2.05, 4.69) is 4.72 Å². The molecule has 0 bridgehead atoms. The number of hydrogen-bond acceptors (Lipinski definition) is 5. The summed E-state index contributed by atoms with van der Waals surface area (Å²) in [4.78, 5) is 14.3. The summed E-state index contributed by atoms with van der Waals surface area (Å²) in [6.45, 7) is 2.31. The first-order valence-electron chi connectivity index (χ1n) is 7.32. The lowest BCUT2D eigenvalue weighted by Gasteiger charge is -2.36. The fraction of sp³-hybridized carbons (Fsp3) is 0.643. The van der Waals surface area contributed by atoms with Crippen molar-refractivity contribution in [1.29, 1.82) is 0 Å². The van der Waals surface area contributed by atoms with Crippen LogP contribution in [0.2, 0.25) is 0 Å². The number of amides is 1. The van der Waals surface area contributed by atoms with Gasteiger partial charge in [-0.2, -0.15) is 11.3 Å². The number of nitrogens with zero attached hydrogens (tertiary/aromatic N) is 1. The Balaban J connectivity index is 1.64. The molecule has 1 N–H and O–H groups in total. The molecule has 0 saturated carbocycles. The van der Waals surface area contributed by atoms with Crippen molar-refractivity contribution in [3.05, 3.63) is 22.4 Å². The zero-order chi connectivity index (χ0) is 15.7. The monoisotopic (exact) mass is 344 g/mol. The molecule has 0 radical (unpaired) electrons. The molecule has 3 rings (SSSR count). The molecule has 1 aromatic rings. The summed E-state index contributed by atoms with van der Waals surface area (Å²) < 4.78 is 30.8. The van der Waals surface area contributed by atoms with Gasteiger partial charge in [0.25, 0.3) is 5.91 Å². The summed E-state index contributed by atoms with van der Waals surface area (Å²) >= 11 is 1.51. The molecule has 122 valence electrons. The normalized spacial score (nSPS) is 28.6. The predicted molar refractivity (Wildman–Crippen MR) is 84.4 cm³/mol. The minimum absolute atomic E-state index is 0.0569. The van der Waals surface area contributed by atoms with Crippen molar-refractivity contribution in [2.24, 2.45) is 11.8 Å². The molecule has 0 aliphatic carbocycles. The van der Waals surface area contributed by atoms with Gasteiger partial charge in [0, 0.05) is 30.9 Å². The van der Waals surface area contributed by atoms with E-state index in [0.29, 0.717) is 19.1 Å². The van der Waals surface area contributed by atoms with E-state index in [1.54, 1.807) is 0 Å². The lowest BCUT2D eigenvalue weighted by Crippen LogP contribution is -2.47. The second-order valence-electron chi connectivity index (χ2n) is 5.97. The molecule has 22 heavy (non-hydrogen) atoms. The lowest BCUT2D eigenvalue weighted by molar-refractivity contribution is 0.0563. The van der Waals surface area contributed by atoms with E-state index in [1.807, 2.05) is 21.7 Å². The first-order chi connectivity index (χ1) is 10.4. The van der Waals surface area contributed by atoms with Crippen LogP contribution in [0.1, 0.15) is 16.8 Å². The van der Waals surface area contributed by atoms with Crippen molar-refractivity contribution in [2.45, 2.75) is 12.5 Å². The number of thiophene rings is 1. The molecular formula is C14H20N2O4S2. The minimum atomic E-state index is -3.22. The molecule has 1 aromatic heterocycles. The molecule has 2 aliphatic heterocycles. The van der Waals surface area contributed by atoms with Gasteiger partial charge in [-0.05, 0) is 23.8 Å². The number of sulfonamides is 1. The Morgan fingerprint density at radius 2 is 2.36 bits per heavy atom. The first-order valence-corrected chi connectivity index (χ1v) is 10.1. The van der Waals surface area contributed by atoms with Crippen molar-refractivity contribution in [2.75, 3.05) is 32.5 Å². The lowest BCUT2D eigenvalue weighted by atomic mass is 9.84. The molecule has 3 heterocycles. The molecule has 1 amide bonds. The van der Waals surface area contributed by atoms with Crippen LogP contribution in [0.3, 0.4) is 0 Å². The van der Waals surface area contributed by atoms with E-state index >= 15 is 0 Å². The highest BCUT2D eigenvalue weighted by atomic mass is 32.2. The van der Waals surface area contributed by atoms with E-state index in [4.69, 9.17) is 4.74 Å². The summed E-state index contributed by atoms with van der Waals surface area (Å²) in [7, 11) is -3.22. The Kier molecular flexibility index (Phi) is 4.54. The fourth-order valence-electron chi connectivity index (χ4n) is 3.23. The number of piperidine rings is 1. The summed E-state index contributed by atoms with van der Waals surface area (Å²) in [6.07, 6.45) is 1.90. The summed E-state index contributed by atoms with van der Waals surface area (Å²) in [6, 6.07) is 1.84. The van der Waals surface area contributed by atoms with Gasteiger partial charge in [0.15, 0.2) is 0 Å². The van der Waals surface area contributed by atoms with Crippen LogP contribution >= 0.6 is 11.3 Å². The second kappa shape index (κ2) is 6.27. The number of fused-ring (bicyclic) bond motifs is 1. The maximum Gasteiger partial charge on any atom is 0.254 e. The molecule has 0 aromatic carbocycles. The molecule has 6 nitrogen and oxygen atoms in total. The van der Waals surface area contributed by atoms with Crippen LogP contribution in [0.4, 0.5) is 0 Å². The third kappa shape index (κ3) is 3.51. The Morgan fingerprint density at radius 1 is 1.55 bits per heavy atom. The number of nitrogens with one attached hydrogen (secondary N) is 1. The average Bonchev–Trinajstić information content (AvgIpc) is 3.12. The minimum Gasteiger partial charge on any atom is -0.376 e. The third-order valence-corrected chi connectivity index (χ3v) is 5.78. The van der Waals surface area contributed by atoms with Gasteiger partial charge in [0.2, 0.25) is 10.0 Å². The number of ether oxygens (including phenoxy) is 1. The van der Waals surface area contributed by atoms with Crippen LogP contribution in [0.15, 0.2) is 16.8 Å². The molecule has 2 saturated heterocycles. The van der Waals surface area contributed by atoms with Gasteiger partial charge >= 0.3 is 0 Å². The quantitative estimate of drug-likeness (QED) is 0.876. The van der Waals surface area contributed by atoms with Crippen molar-refractivity contribution < 1.29 is 17.9 Å². The standard InChI is InChI=1S/C14H20N2O4S2/c1-22(18,19)15-6-13-12-7-16(4-2-10(12)8-20-13)14(17)11-3-5-21-9-11/h3,5,9-10,12-13,15H,2,4,6-8H2,1H3/t10-,12-,13+/m1/s1. The SMILES string of the molecule is CS(=O)(=O)NC[C@@H]1OC[C@H]2CCN(C(=O)c3ccsc3)C[C@H]21. The summed E-state index contributed by atoms with van der Waals surface area (Å²) in [5.74, 6) is 0.671. The van der Waals surface area contributed by atoms with Crippen LogP contribution < -0.4 is 4.72 Å². The highest BCUT2D eigenvalue weighted by Gasteiger charge is 2.42. The average molecular weight is 344 g/mol. The van der Waals surface area contributed by atoms with Crippen molar-refractivity contribution >= 4 is 27.3 Å². The van der Waals surface area contributed by atoms with Crippen LogP contribution in [0, 0.1) is 11.8 Å². The number of hydrogen-bond donors (Lipinski definition) is 1. The highest BCUT2D eigenvalue weighted by molar-refractivity contribution is 7.88. The molecule has 2 fully saturated rings. The number of carbonyl (C=O) groups is 1. The largest absolute Gasteiger partial charge is 0.376 e. The van der Waals surface area contributed by atoms with Crippen LogP contribution in [0.5, 0.6) is 0 Å². The topological polar surface area (TPSA) is 75.7 Å². The smallest absolute Gasteiger partial charge is 0.254 e. The van der Waals surface area contributed by atoms with Gasteiger partial charge in [0.1, 0.15) is 0 Å².